The van der Waals surface area contributed by atoms with E-state index in [-0.39, 0.29) is 24.7 Å². The van der Waals surface area contributed by atoms with Gasteiger partial charge in [0, 0.05) is 31.6 Å². The highest BCUT2D eigenvalue weighted by atomic mass is 32.2. The van der Waals surface area contributed by atoms with Gasteiger partial charge in [0.05, 0.1) is 12.5 Å². The first kappa shape index (κ1) is 17.8. The number of likely N-dealkylation sites (tertiary alicyclic amines) is 1. The monoisotopic (exact) mass is 343 g/mol. The number of piperidine rings is 1. The molecule has 0 unspecified atom stereocenters. The molecule has 0 aromatic carbocycles. The third-order valence-corrected chi connectivity index (χ3v) is 4.62. The summed E-state index contributed by atoms with van der Waals surface area (Å²) >= 11 is 0. The van der Waals surface area contributed by atoms with Gasteiger partial charge in [-0.3, -0.25) is 0 Å². The maximum Gasteiger partial charge on any atom is 0.317 e. The Morgan fingerprint density at radius 2 is 2.26 bits per heavy atom. The van der Waals surface area contributed by atoms with Gasteiger partial charge in [-0.1, -0.05) is 0 Å². The second-order valence-corrected chi connectivity index (χ2v) is 7.93. The van der Waals surface area contributed by atoms with Gasteiger partial charge in [0.2, 0.25) is 10.0 Å². The van der Waals surface area contributed by atoms with E-state index in [1.807, 2.05) is 19.1 Å². The maximum absolute atomic E-state index is 12.5. The molecule has 2 heterocycles. The lowest BCUT2D eigenvalue weighted by atomic mass is 10.0. The van der Waals surface area contributed by atoms with Gasteiger partial charge in [-0.2, -0.15) is 0 Å². The van der Waals surface area contributed by atoms with Crippen LogP contribution in [0, 0.1) is 0 Å². The van der Waals surface area contributed by atoms with E-state index in [9.17, 15) is 13.2 Å². The Balaban J connectivity index is 1.89. The van der Waals surface area contributed by atoms with Crippen molar-refractivity contribution < 1.29 is 17.6 Å². The summed E-state index contributed by atoms with van der Waals surface area (Å²) in [5.41, 5.74) is 0. The number of nitrogens with one attached hydrogen (secondary N) is 2. The molecule has 1 aromatic heterocycles. The van der Waals surface area contributed by atoms with Gasteiger partial charge in [-0.25, -0.2) is 17.9 Å². The number of hydrogen-bond donors (Lipinski definition) is 2. The molecule has 2 N–H and O–H groups in total. The molecule has 2 amide bonds. The smallest absolute Gasteiger partial charge is 0.317 e. The topological polar surface area (TPSA) is 91.7 Å². The molecule has 2 rings (SSSR count). The van der Waals surface area contributed by atoms with E-state index in [0.29, 0.717) is 13.0 Å². The number of carbonyl (C=O) groups excluding carboxylic acids is 1. The number of rotatable bonds is 6. The van der Waals surface area contributed by atoms with Crippen LogP contribution in [0.4, 0.5) is 4.79 Å². The van der Waals surface area contributed by atoms with E-state index in [2.05, 4.69) is 10.0 Å². The van der Waals surface area contributed by atoms with E-state index >= 15 is 0 Å². The van der Waals surface area contributed by atoms with Crippen molar-refractivity contribution in [1.82, 2.24) is 14.9 Å². The Morgan fingerprint density at radius 1 is 1.48 bits per heavy atom. The average molecular weight is 343 g/mol. The lowest BCUT2D eigenvalue weighted by Gasteiger charge is -2.36. The fourth-order valence-electron chi connectivity index (χ4n) is 2.80. The van der Waals surface area contributed by atoms with Gasteiger partial charge in [-0.15, -0.1) is 0 Å². The summed E-state index contributed by atoms with van der Waals surface area (Å²) in [6, 6.07) is 3.39. The highest BCUT2D eigenvalue weighted by Crippen LogP contribution is 2.17. The predicted octanol–water partition coefficient (Wildman–Crippen LogP) is 1.32. The van der Waals surface area contributed by atoms with Crippen molar-refractivity contribution in [2.24, 2.45) is 0 Å². The van der Waals surface area contributed by atoms with Gasteiger partial charge in [0.25, 0.3) is 0 Å². The minimum atomic E-state index is -3.25. The van der Waals surface area contributed by atoms with E-state index in [1.165, 1.54) is 0 Å². The van der Waals surface area contributed by atoms with Crippen LogP contribution in [0.1, 0.15) is 31.9 Å². The number of amides is 2. The molecule has 0 spiro atoms. The van der Waals surface area contributed by atoms with Crippen molar-refractivity contribution in [3.63, 3.8) is 0 Å². The molecule has 1 aliphatic rings. The van der Waals surface area contributed by atoms with Crippen LogP contribution in [0.3, 0.4) is 0 Å². The van der Waals surface area contributed by atoms with Crippen LogP contribution in [0.25, 0.3) is 0 Å². The number of hydrogen-bond acceptors (Lipinski definition) is 4. The molecule has 2 atom stereocenters. The van der Waals surface area contributed by atoms with E-state index < -0.39 is 10.0 Å². The standard InChI is InChI=1S/C15H25N3O4S/c1-12(10-14-7-5-9-22-14)17-15(19)18-8-4-3-6-13(18)11-16-23(2,20)21/h5,7,9,12-13,16H,3-4,6,8,10-11H2,1-2H3,(H,17,19)/t12-,13-/m1/s1. The summed E-state index contributed by atoms with van der Waals surface area (Å²) in [6.45, 7) is 2.84. The number of urea groups is 1. The second kappa shape index (κ2) is 7.83. The molecule has 1 fully saturated rings. The van der Waals surface area contributed by atoms with E-state index in [4.69, 9.17) is 4.42 Å². The van der Waals surface area contributed by atoms with Crippen molar-refractivity contribution in [2.45, 2.75) is 44.7 Å². The van der Waals surface area contributed by atoms with Crippen molar-refractivity contribution in [2.75, 3.05) is 19.3 Å². The molecule has 0 bridgehead atoms. The first-order valence-corrected chi connectivity index (χ1v) is 9.78. The number of sulfonamides is 1. The molecular formula is C15H25N3O4S. The van der Waals surface area contributed by atoms with Crippen LogP contribution in [0.2, 0.25) is 0 Å². The third kappa shape index (κ3) is 5.87. The zero-order valence-electron chi connectivity index (χ0n) is 13.6. The Hall–Kier alpha value is -1.54. The third-order valence-electron chi connectivity index (χ3n) is 3.93. The van der Waals surface area contributed by atoms with Crippen LogP contribution < -0.4 is 10.0 Å². The highest BCUT2D eigenvalue weighted by molar-refractivity contribution is 7.88. The summed E-state index contributed by atoms with van der Waals surface area (Å²) in [5.74, 6) is 0.826. The van der Waals surface area contributed by atoms with Crippen molar-refractivity contribution in [1.29, 1.82) is 0 Å². The SMILES string of the molecule is C[C@H](Cc1ccco1)NC(=O)N1CCCC[C@@H]1CNS(C)(=O)=O. The normalized spacial score (nSPS) is 20.3. The van der Waals surface area contributed by atoms with Crippen LogP contribution >= 0.6 is 0 Å². The highest BCUT2D eigenvalue weighted by Gasteiger charge is 2.28. The molecule has 1 aliphatic heterocycles. The summed E-state index contributed by atoms with van der Waals surface area (Å²) in [4.78, 5) is 14.2. The van der Waals surface area contributed by atoms with Crippen molar-refractivity contribution >= 4 is 16.1 Å². The van der Waals surface area contributed by atoms with Gasteiger partial charge >= 0.3 is 6.03 Å². The first-order valence-electron chi connectivity index (χ1n) is 7.89. The first-order chi connectivity index (χ1) is 10.8. The van der Waals surface area contributed by atoms with Crippen LogP contribution in [-0.4, -0.2) is 50.8 Å². The Kier molecular flexibility index (Phi) is 6.06. The van der Waals surface area contributed by atoms with Crippen LogP contribution in [0.15, 0.2) is 22.8 Å². The molecule has 8 heteroatoms. The van der Waals surface area contributed by atoms with E-state index in [1.54, 1.807) is 11.2 Å². The Bertz CT molecular complexity index is 600. The summed E-state index contributed by atoms with van der Waals surface area (Å²) < 4.78 is 30.3. The summed E-state index contributed by atoms with van der Waals surface area (Å²) in [7, 11) is -3.25. The Morgan fingerprint density at radius 3 is 2.91 bits per heavy atom. The molecule has 7 nitrogen and oxygen atoms in total. The number of furan rings is 1. The lowest BCUT2D eigenvalue weighted by Crippen LogP contribution is -2.54. The fraction of sp³-hybridized carbons (Fsp3) is 0.667. The van der Waals surface area contributed by atoms with Gasteiger partial charge in [0.15, 0.2) is 0 Å². The average Bonchev–Trinajstić information content (AvgIpc) is 2.97. The summed E-state index contributed by atoms with van der Waals surface area (Å²) in [5, 5.41) is 2.96. The Labute approximate surface area is 137 Å². The molecular weight excluding hydrogens is 318 g/mol. The van der Waals surface area contributed by atoms with Crippen molar-refractivity contribution in [3.05, 3.63) is 24.2 Å². The van der Waals surface area contributed by atoms with Crippen LogP contribution in [-0.2, 0) is 16.4 Å². The predicted molar refractivity (Wildman–Crippen MR) is 87.6 cm³/mol. The quantitative estimate of drug-likeness (QED) is 0.815. The number of carbonyl (C=O) groups is 1. The minimum absolute atomic E-state index is 0.0564. The van der Waals surface area contributed by atoms with Gasteiger partial charge < -0.3 is 14.6 Å². The minimum Gasteiger partial charge on any atom is -0.469 e. The fourth-order valence-corrected chi connectivity index (χ4v) is 3.30. The number of nitrogens with zero attached hydrogens (tertiary/aromatic N) is 1. The zero-order valence-corrected chi connectivity index (χ0v) is 14.4. The zero-order chi connectivity index (χ0) is 16.9. The second-order valence-electron chi connectivity index (χ2n) is 6.10. The lowest BCUT2D eigenvalue weighted by molar-refractivity contribution is 0.149. The largest absolute Gasteiger partial charge is 0.469 e. The van der Waals surface area contributed by atoms with E-state index in [0.717, 1.165) is 31.3 Å². The molecule has 0 aliphatic carbocycles. The molecule has 0 radical (unpaired) electrons. The molecule has 1 aromatic rings. The maximum atomic E-state index is 12.5. The molecule has 130 valence electrons. The van der Waals surface area contributed by atoms with Crippen molar-refractivity contribution in [3.8, 4) is 0 Å². The molecule has 0 saturated carbocycles. The van der Waals surface area contributed by atoms with Gasteiger partial charge in [-0.05, 0) is 38.3 Å². The molecule has 1 saturated heterocycles. The van der Waals surface area contributed by atoms with Gasteiger partial charge in [0.1, 0.15) is 5.76 Å². The molecule has 23 heavy (non-hydrogen) atoms. The van der Waals surface area contributed by atoms with Crippen LogP contribution in [0.5, 0.6) is 0 Å². The summed E-state index contributed by atoms with van der Waals surface area (Å²) in [6.07, 6.45) is 6.12.